The number of para-hydroxylation sites is 1. The molecule has 0 saturated carbocycles. The topological polar surface area (TPSA) is 105 Å². The molecular formula is C19H21N7O2. The molecule has 1 aliphatic heterocycles. The van der Waals surface area contributed by atoms with Crippen molar-refractivity contribution in [1.82, 2.24) is 25.3 Å². The Hall–Kier alpha value is -3.20. The van der Waals surface area contributed by atoms with Gasteiger partial charge in [-0.1, -0.05) is 18.2 Å². The Balaban J connectivity index is 1.49. The molecule has 0 amide bonds. The molecule has 0 saturated heterocycles. The first kappa shape index (κ1) is 16.9. The van der Waals surface area contributed by atoms with Crippen molar-refractivity contribution < 1.29 is 9.37 Å². The van der Waals surface area contributed by atoms with Gasteiger partial charge in [-0.05, 0) is 22.8 Å². The van der Waals surface area contributed by atoms with Crippen LogP contribution in [-0.2, 0) is 17.7 Å². The van der Waals surface area contributed by atoms with E-state index in [1.165, 1.54) is 22.2 Å². The number of aromatic nitrogens is 5. The number of rotatable bonds is 6. The second-order valence-corrected chi connectivity index (χ2v) is 6.88. The fraction of sp³-hybridized carbons (Fsp3) is 0.368. The Morgan fingerprint density at radius 1 is 1.21 bits per heavy atom. The van der Waals surface area contributed by atoms with Crippen molar-refractivity contribution in [3.8, 4) is 0 Å². The van der Waals surface area contributed by atoms with Gasteiger partial charge in [0, 0.05) is 61.9 Å². The smallest absolute Gasteiger partial charge is 0.245 e. The molecule has 4 aromatic rings. The number of ether oxygens (including phenoxy) is 1. The highest BCUT2D eigenvalue weighted by atomic mass is 16.6. The highest BCUT2D eigenvalue weighted by molar-refractivity contribution is 5.85. The summed E-state index contributed by atoms with van der Waals surface area (Å²) >= 11 is 0. The minimum absolute atomic E-state index is 0.405. The molecule has 5 rings (SSSR count). The van der Waals surface area contributed by atoms with Crippen LogP contribution in [0.2, 0.25) is 0 Å². The Bertz CT molecular complexity index is 1120. The maximum Gasteiger partial charge on any atom is 0.245 e. The number of hydrogen-bond donors (Lipinski definition) is 2. The summed E-state index contributed by atoms with van der Waals surface area (Å²) in [7, 11) is 1.70. The van der Waals surface area contributed by atoms with Crippen molar-refractivity contribution in [2.75, 3.05) is 37.0 Å². The normalized spacial score (nSPS) is 14.0. The number of anilines is 2. The van der Waals surface area contributed by atoms with Gasteiger partial charge in [-0.3, -0.25) is 0 Å². The minimum atomic E-state index is 0.405. The Morgan fingerprint density at radius 2 is 2.07 bits per heavy atom. The molecule has 9 nitrogen and oxygen atoms in total. The zero-order chi connectivity index (χ0) is 18.9. The van der Waals surface area contributed by atoms with Gasteiger partial charge in [0.05, 0.1) is 0 Å². The molecule has 0 unspecified atom stereocenters. The lowest BCUT2D eigenvalue weighted by molar-refractivity contribution is 0.198. The largest absolute Gasteiger partial charge is 0.385 e. The van der Waals surface area contributed by atoms with Gasteiger partial charge in [-0.15, -0.1) is 0 Å². The minimum Gasteiger partial charge on any atom is -0.385 e. The van der Waals surface area contributed by atoms with Crippen LogP contribution in [0, 0.1) is 0 Å². The van der Waals surface area contributed by atoms with E-state index in [9.17, 15) is 0 Å². The lowest BCUT2D eigenvalue weighted by atomic mass is 10.0. The first-order chi connectivity index (χ1) is 13.8. The van der Waals surface area contributed by atoms with Crippen LogP contribution < -0.4 is 10.2 Å². The van der Waals surface area contributed by atoms with E-state index in [0.29, 0.717) is 23.7 Å². The second kappa shape index (κ2) is 7.08. The number of fused-ring (bicyclic) bond motifs is 4. The van der Waals surface area contributed by atoms with Gasteiger partial charge >= 0.3 is 0 Å². The van der Waals surface area contributed by atoms with Crippen LogP contribution in [0.25, 0.3) is 22.2 Å². The van der Waals surface area contributed by atoms with Crippen molar-refractivity contribution in [2.45, 2.75) is 19.4 Å². The SMILES string of the molecule is COCCCNc1nc2nonc2nc1N1CCc2[nH]c3ccccc3c2C1. The van der Waals surface area contributed by atoms with Crippen molar-refractivity contribution in [2.24, 2.45) is 0 Å². The zero-order valence-corrected chi connectivity index (χ0v) is 15.6. The highest BCUT2D eigenvalue weighted by Crippen LogP contribution is 2.32. The predicted molar refractivity (Wildman–Crippen MR) is 105 cm³/mol. The molecule has 0 aliphatic carbocycles. The molecule has 0 radical (unpaired) electrons. The number of benzene rings is 1. The fourth-order valence-corrected chi connectivity index (χ4v) is 3.74. The van der Waals surface area contributed by atoms with Gasteiger partial charge in [0.1, 0.15) is 0 Å². The van der Waals surface area contributed by atoms with E-state index >= 15 is 0 Å². The van der Waals surface area contributed by atoms with Crippen LogP contribution in [0.5, 0.6) is 0 Å². The predicted octanol–water partition coefficient (Wildman–Crippen LogP) is 2.51. The standard InChI is InChI=1S/C19H21N7O2/c1-27-10-4-8-20-18-19(23-17-16(22-18)24-28-25-17)26-9-7-15-13(11-26)12-5-2-3-6-14(12)21-15/h2-3,5-6,21H,4,7-11H2,1H3,(H,20,22,24). The third kappa shape index (κ3) is 2.93. The summed E-state index contributed by atoms with van der Waals surface area (Å²) in [6, 6.07) is 8.41. The molecule has 0 bridgehead atoms. The van der Waals surface area contributed by atoms with Crippen LogP contribution in [0.15, 0.2) is 28.9 Å². The van der Waals surface area contributed by atoms with Crippen molar-refractivity contribution in [3.63, 3.8) is 0 Å². The molecule has 1 aliphatic rings. The quantitative estimate of drug-likeness (QED) is 0.492. The molecule has 0 fully saturated rings. The van der Waals surface area contributed by atoms with Gasteiger partial charge in [-0.2, -0.15) is 0 Å². The lowest BCUT2D eigenvalue weighted by Crippen LogP contribution is -2.32. The van der Waals surface area contributed by atoms with E-state index in [2.05, 4.69) is 59.7 Å². The summed E-state index contributed by atoms with van der Waals surface area (Å²) in [5.74, 6) is 1.47. The lowest BCUT2D eigenvalue weighted by Gasteiger charge is -2.29. The van der Waals surface area contributed by atoms with Gasteiger partial charge < -0.3 is 19.9 Å². The Morgan fingerprint density at radius 3 is 2.96 bits per heavy atom. The third-order valence-electron chi connectivity index (χ3n) is 5.10. The number of aromatic amines is 1. The van der Waals surface area contributed by atoms with Crippen molar-refractivity contribution >= 4 is 33.8 Å². The fourth-order valence-electron chi connectivity index (χ4n) is 3.74. The molecule has 0 spiro atoms. The van der Waals surface area contributed by atoms with E-state index in [0.717, 1.165) is 38.3 Å². The molecule has 3 aromatic heterocycles. The molecule has 2 N–H and O–H groups in total. The summed E-state index contributed by atoms with van der Waals surface area (Å²) in [5, 5.41) is 12.3. The number of nitrogens with one attached hydrogen (secondary N) is 2. The number of methoxy groups -OCH3 is 1. The highest BCUT2D eigenvalue weighted by Gasteiger charge is 2.25. The van der Waals surface area contributed by atoms with E-state index in [1.54, 1.807) is 7.11 Å². The summed E-state index contributed by atoms with van der Waals surface area (Å²) in [6.07, 6.45) is 1.79. The maximum absolute atomic E-state index is 5.13. The van der Waals surface area contributed by atoms with E-state index in [1.807, 2.05) is 0 Å². The van der Waals surface area contributed by atoms with Crippen LogP contribution in [0.4, 0.5) is 11.6 Å². The van der Waals surface area contributed by atoms with Crippen LogP contribution in [0.3, 0.4) is 0 Å². The van der Waals surface area contributed by atoms with Crippen molar-refractivity contribution in [3.05, 3.63) is 35.5 Å². The number of hydrogen-bond acceptors (Lipinski definition) is 8. The maximum atomic E-state index is 5.13. The Kier molecular flexibility index (Phi) is 4.28. The Labute approximate surface area is 161 Å². The number of H-pyrrole nitrogens is 1. The zero-order valence-electron chi connectivity index (χ0n) is 15.6. The average molecular weight is 379 g/mol. The van der Waals surface area contributed by atoms with Gasteiger partial charge in [0.15, 0.2) is 11.6 Å². The molecule has 1 aromatic carbocycles. The first-order valence-electron chi connectivity index (χ1n) is 9.40. The van der Waals surface area contributed by atoms with Crippen LogP contribution in [-0.4, -0.2) is 52.1 Å². The van der Waals surface area contributed by atoms with E-state index < -0.39 is 0 Å². The van der Waals surface area contributed by atoms with E-state index in [-0.39, 0.29) is 0 Å². The van der Waals surface area contributed by atoms with Crippen LogP contribution in [0.1, 0.15) is 17.7 Å². The van der Waals surface area contributed by atoms with Crippen LogP contribution >= 0.6 is 0 Å². The molecule has 0 atom stereocenters. The number of nitrogens with zero attached hydrogens (tertiary/aromatic N) is 5. The van der Waals surface area contributed by atoms with E-state index in [4.69, 9.17) is 9.37 Å². The molecule has 9 heteroatoms. The molecule has 144 valence electrons. The average Bonchev–Trinajstić information content (AvgIpc) is 3.33. The third-order valence-corrected chi connectivity index (χ3v) is 5.10. The molecule has 4 heterocycles. The van der Waals surface area contributed by atoms with Crippen molar-refractivity contribution in [1.29, 1.82) is 0 Å². The molecule has 28 heavy (non-hydrogen) atoms. The monoisotopic (exact) mass is 379 g/mol. The first-order valence-corrected chi connectivity index (χ1v) is 9.40. The summed E-state index contributed by atoms with van der Waals surface area (Å²) in [6.45, 7) is 3.03. The summed E-state index contributed by atoms with van der Waals surface area (Å²) in [4.78, 5) is 15.1. The van der Waals surface area contributed by atoms with Gasteiger partial charge in [0.2, 0.25) is 11.3 Å². The summed E-state index contributed by atoms with van der Waals surface area (Å²) in [5.41, 5.74) is 4.61. The van der Waals surface area contributed by atoms with Gasteiger partial charge in [-0.25, -0.2) is 14.6 Å². The van der Waals surface area contributed by atoms with Gasteiger partial charge in [0.25, 0.3) is 0 Å². The second-order valence-electron chi connectivity index (χ2n) is 6.88. The molecular weight excluding hydrogens is 358 g/mol. The summed E-state index contributed by atoms with van der Waals surface area (Å²) < 4.78 is 9.94.